The summed E-state index contributed by atoms with van der Waals surface area (Å²) in [6.07, 6.45) is 0.593. The maximum Gasteiger partial charge on any atom is 0.191 e. The Labute approximate surface area is 179 Å². The van der Waals surface area contributed by atoms with Gasteiger partial charge in [-0.1, -0.05) is 43.3 Å². The second-order valence-corrected chi connectivity index (χ2v) is 8.42. The topological polar surface area (TPSA) is 74.9 Å². The first kappa shape index (κ1) is 22.3. The van der Waals surface area contributed by atoms with Crippen molar-refractivity contribution < 1.29 is 9.26 Å². The fraction of sp³-hybridized carbons (Fsp3) is 0.565. The Kier molecular flexibility index (Phi) is 7.87. The molecule has 2 heterocycles. The van der Waals surface area contributed by atoms with Crippen molar-refractivity contribution in [1.29, 1.82) is 0 Å². The second kappa shape index (κ2) is 10.6. The van der Waals surface area contributed by atoms with Crippen LogP contribution in [0.1, 0.15) is 56.2 Å². The first-order chi connectivity index (χ1) is 14.4. The molecule has 1 aliphatic rings. The van der Waals surface area contributed by atoms with E-state index in [-0.39, 0.29) is 0 Å². The highest BCUT2D eigenvalue weighted by Crippen LogP contribution is 2.15. The summed E-state index contributed by atoms with van der Waals surface area (Å²) in [5.74, 6) is 1.90. The third-order valence-corrected chi connectivity index (χ3v) is 5.21. The molecule has 2 aromatic rings. The number of nitrogens with zero attached hydrogens (tertiary/aromatic N) is 3. The minimum Gasteiger partial charge on any atom is -0.373 e. The van der Waals surface area contributed by atoms with E-state index in [9.17, 15) is 0 Å². The number of guanidine groups is 1. The number of morpholine rings is 1. The molecule has 0 amide bonds. The van der Waals surface area contributed by atoms with E-state index in [1.54, 1.807) is 7.05 Å². The summed E-state index contributed by atoms with van der Waals surface area (Å²) in [5, 5.41) is 10.7. The minimum atomic E-state index is 0.297. The molecule has 164 valence electrons. The predicted molar refractivity (Wildman–Crippen MR) is 119 cm³/mol. The van der Waals surface area contributed by atoms with Crippen LogP contribution in [-0.2, 0) is 24.4 Å². The van der Waals surface area contributed by atoms with Crippen LogP contribution < -0.4 is 10.6 Å². The Hall–Kier alpha value is -2.38. The number of benzene rings is 1. The molecule has 0 aliphatic carbocycles. The smallest absolute Gasteiger partial charge is 0.191 e. The first-order valence-corrected chi connectivity index (χ1v) is 10.8. The van der Waals surface area contributed by atoms with E-state index >= 15 is 0 Å². The van der Waals surface area contributed by atoms with Gasteiger partial charge in [0, 0.05) is 39.3 Å². The highest BCUT2D eigenvalue weighted by molar-refractivity contribution is 5.79. The fourth-order valence-electron chi connectivity index (χ4n) is 3.70. The molecule has 3 rings (SSSR count). The highest BCUT2D eigenvalue weighted by atomic mass is 16.5. The summed E-state index contributed by atoms with van der Waals surface area (Å²) in [6.45, 7) is 12.7. The monoisotopic (exact) mass is 413 g/mol. The number of rotatable bonds is 7. The number of ether oxygens (including phenoxy) is 1. The van der Waals surface area contributed by atoms with Crippen LogP contribution >= 0.6 is 0 Å². The van der Waals surface area contributed by atoms with E-state index in [1.807, 2.05) is 6.07 Å². The van der Waals surface area contributed by atoms with Crippen molar-refractivity contribution in [1.82, 2.24) is 20.7 Å². The number of aliphatic imine (C=N–C) groups is 1. The van der Waals surface area contributed by atoms with Gasteiger partial charge in [0.05, 0.1) is 24.4 Å². The molecule has 0 spiro atoms. The first-order valence-electron chi connectivity index (χ1n) is 10.8. The molecule has 1 fully saturated rings. The average molecular weight is 414 g/mol. The molecule has 7 heteroatoms. The lowest BCUT2D eigenvalue weighted by Gasteiger charge is -2.35. The van der Waals surface area contributed by atoms with Crippen LogP contribution in [-0.4, -0.2) is 48.4 Å². The largest absolute Gasteiger partial charge is 0.373 e. The standard InChI is InChI=1S/C23H35N5O2/c1-16(2)22-10-21(30-27-22)12-26-23(24-5)25-11-19-6-8-20(9-7-19)15-28-13-17(3)29-18(4)14-28/h6-10,16-18H,11-15H2,1-5H3,(H2,24,25,26). The lowest BCUT2D eigenvalue weighted by molar-refractivity contribution is -0.0704. The van der Waals surface area contributed by atoms with Crippen molar-refractivity contribution in [3.8, 4) is 0 Å². The van der Waals surface area contributed by atoms with Crippen molar-refractivity contribution in [2.24, 2.45) is 4.99 Å². The molecule has 1 aromatic carbocycles. The zero-order chi connectivity index (χ0) is 21.5. The highest BCUT2D eigenvalue weighted by Gasteiger charge is 2.21. The molecular weight excluding hydrogens is 378 g/mol. The fourth-order valence-corrected chi connectivity index (χ4v) is 3.70. The van der Waals surface area contributed by atoms with Crippen LogP contribution in [0, 0.1) is 0 Å². The van der Waals surface area contributed by atoms with Crippen LogP contribution in [0.4, 0.5) is 0 Å². The van der Waals surface area contributed by atoms with Crippen LogP contribution in [0.25, 0.3) is 0 Å². The maximum absolute atomic E-state index is 5.82. The lowest BCUT2D eigenvalue weighted by Crippen LogP contribution is -2.44. The van der Waals surface area contributed by atoms with Gasteiger partial charge in [-0.25, -0.2) is 0 Å². The van der Waals surface area contributed by atoms with Crippen molar-refractivity contribution in [2.75, 3.05) is 20.1 Å². The number of nitrogens with one attached hydrogen (secondary N) is 2. The van der Waals surface area contributed by atoms with Gasteiger partial charge in [0.2, 0.25) is 0 Å². The van der Waals surface area contributed by atoms with E-state index < -0.39 is 0 Å². The summed E-state index contributed by atoms with van der Waals surface area (Å²) >= 11 is 0. The van der Waals surface area contributed by atoms with E-state index in [4.69, 9.17) is 9.26 Å². The summed E-state index contributed by atoms with van der Waals surface area (Å²) in [7, 11) is 1.77. The second-order valence-electron chi connectivity index (χ2n) is 8.42. The molecule has 1 aromatic heterocycles. The Morgan fingerprint density at radius 1 is 1.10 bits per heavy atom. The van der Waals surface area contributed by atoms with E-state index in [0.29, 0.717) is 31.2 Å². The zero-order valence-corrected chi connectivity index (χ0v) is 18.8. The molecule has 0 bridgehead atoms. The molecule has 1 saturated heterocycles. The normalized spacial score (nSPS) is 20.5. The van der Waals surface area contributed by atoms with Gasteiger partial charge in [-0.3, -0.25) is 9.89 Å². The quantitative estimate of drug-likeness (QED) is 0.536. The zero-order valence-electron chi connectivity index (χ0n) is 18.8. The average Bonchev–Trinajstić information content (AvgIpc) is 3.18. The molecule has 2 atom stereocenters. The summed E-state index contributed by atoms with van der Waals surface area (Å²) in [4.78, 5) is 6.75. The third-order valence-electron chi connectivity index (χ3n) is 5.21. The van der Waals surface area contributed by atoms with Gasteiger partial charge in [-0.05, 0) is 30.9 Å². The van der Waals surface area contributed by atoms with Gasteiger partial charge in [0.1, 0.15) is 0 Å². The van der Waals surface area contributed by atoms with Gasteiger partial charge in [0.25, 0.3) is 0 Å². The summed E-state index contributed by atoms with van der Waals surface area (Å²) < 4.78 is 11.2. The van der Waals surface area contributed by atoms with Crippen LogP contribution in [0.2, 0.25) is 0 Å². The van der Waals surface area contributed by atoms with Crippen molar-refractivity contribution >= 4 is 5.96 Å². The van der Waals surface area contributed by atoms with Crippen LogP contribution in [0.15, 0.2) is 39.8 Å². The number of hydrogen-bond acceptors (Lipinski definition) is 5. The molecule has 30 heavy (non-hydrogen) atoms. The van der Waals surface area contributed by atoms with Gasteiger partial charge < -0.3 is 19.9 Å². The minimum absolute atomic E-state index is 0.297. The summed E-state index contributed by atoms with van der Waals surface area (Å²) in [6, 6.07) is 10.8. The van der Waals surface area contributed by atoms with Crippen LogP contribution in [0.3, 0.4) is 0 Å². The molecule has 0 radical (unpaired) electrons. The van der Waals surface area contributed by atoms with Crippen molar-refractivity contribution in [3.63, 3.8) is 0 Å². The van der Waals surface area contributed by atoms with E-state index in [2.05, 4.69) is 77.6 Å². The molecule has 7 nitrogen and oxygen atoms in total. The Balaban J connectivity index is 1.45. The van der Waals surface area contributed by atoms with Gasteiger partial charge in [0.15, 0.2) is 11.7 Å². The molecule has 2 unspecified atom stereocenters. The van der Waals surface area contributed by atoms with Gasteiger partial charge in [-0.2, -0.15) is 0 Å². The molecular formula is C23H35N5O2. The van der Waals surface area contributed by atoms with Gasteiger partial charge in [-0.15, -0.1) is 0 Å². The van der Waals surface area contributed by atoms with Gasteiger partial charge >= 0.3 is 0 Å². The Morgan fingerprint density at radius 3 is 2.33 bits per heavy atom. The SMILES string of the molecule is CN=C(NCc1ccc(CN2CC(C)OC(C)C2)cc1)NCc1cc(C(C)C)no1. The van der Waals surface area contributed by atoms with Crippen molar-refractivity contribution in [3.05, 3.63) is 52.9 Å². The Morgan fingerprint density at radius 2 is 1.73 bits per heavy atom. The maximum atomic E-state index is 5.82. The van der Waals surface area contributed by atoms with E-state index in [1.165, 1.54) is 11.1 Å². The third kappa shape index (κ3) is 6.57. The van der Waals surface area contributed by atoms with Crippen molar-refractivity contribution in [2.45, 2.75) is 65.5 Å². The Bertz CT molecular complexity index is 805. The van der Waals surface area contributed by atoms with E-state index in [0.717, 1.165) is 37.0 Å². The lowest BCUT2D eigenvalue weighted by atomic mass is 10.1. The molecule has 1 aliphatic heterocycles. The number of hydrogen-bond donors (Lipinski definition) is 2. The van der Waals surface area contributed by atoms with Crippen LogP contribution in [0.5, 0.6) is 0 Å². The molecule has 2 N–H and O–H groups in total. The summed E-state index contributed by atoms with van der Waals surface area (Å²) in [5.41, 5.74) is 3.51. The number of aromatic nitrogens is 1. The molecule has 0 saturated carbocycles. The predicted octanol–water partition coefficient (Wildman–Crippen LogP) is 3.27.